The molecule has 0 amide bonds. The zero-order valence-electron chi connectivity index (χ0n) is 9.96. The Hall–Kier alpha value is -0.450. The highest BCUT2D eigenvalue weighted by molar-refractivity contribution is 7.11. The number of nitrogens with one attached hydrogen (secondary N) is 1. The van der Waals surface area contributed by atoms with Crippen LogP contribution in [0, 0.1) is 6.92 Å². The molecule has 1 aliphatic rings. The molecule has 0 atom stereocenters. The Bertz CT molecular complexity index is 329. The Labute approximate surface area is 101 Å². The number of nitrogens with zero attached hydrogens (tertiary/aromatic N) is 1. The van der Waals surface area contributed by atoms with Crippen molar-refractivity contribution in [2.75, 3.05) is 6.54 Å². The Kier molecular flexibility index (Phi) is 3.95. The summed E-state index contributed by atoms with van der Waals surface area (Å²) in [5.74, 6) is 0. The molecule has 0 spiro atoms. The van der Waals surface area contributed by atoms with Gasteiger partial charge in [0.2, 0.25) is 0 Å². The summed E-state index contributed by atoms with van der Waals surface area (Å²) < 4.78 is 0. The van der Waals surface area contributed by atoms with E-state index in [4.69, 9.17) is 5.73 Å². The predicted molar refractivity (Wildman–Crippen MR) is 68.6 cm³/mol. The van der Waals surface area contributed by atoms with Crippen LogP contribution in [0.25, 0.3) is 0 Å². The maximum atomic E-state index is 6.35. The number of rotatable bonds is 4. The summed E-state index contributed by atoms with van der Waals surface area (Å²) in [5, 5.41) is 4.61. The van der Waals surface area contributed by atoms with Crippen molar-refractivity contribution in [1.82, 2.24) is 10.3 Å². The van der Waals surface area contributed by atoms with Crippen molar-refractivity contribution >= 4 is 11.3 Å². The van der Waals surface area contributed by atoms with E-state index in [9.17, 15) is 0 Å². The molecule has 1 saturated carbocycles. The highest BCUT2D eigenvalue weighted by atomic mass is 32.1. The number of aryl methyl sites for hydroxylation is 1. The number of hydrogen-bond acceptors (Lipinski definition) is 4. The van der Waals surface area contributed by atoms with Crippen LogP contribution in [0.5, 0.6) is 0 Å². The summed E-state index contributed by atoms with van der Waals surface area (Å²) in [6.07, 6.45) is 8.23. The fourth-order valence-electron chi connectivity index (χ4n) is 2.35. The number of aromatic nitrogens is 1. The summed E-state index contributed by atoms with van der Waals surface area (Å²) in [6.45, 7) is 3.88. The monoisotopic (exact) mass is 239 g/mol. The summed E-state index contributed by atoms with van der Waals surface area (Å²) in [5.41, 5.74) is 6.39. The average Bonchev–Trinajstić information content (AvgIpc) is 2.65. The highest BCUT2D eigenvalue weighted by Crippen LogP contribution is 2.25. The maximum absolute atomic E-state index is 6.35. The molecule has 2 rings (SSSR count). The average molecular weight is 239 g/mol. The molecule has 1 aromatic rings. The van der Waals surface area contributed by atoms with Crippen molar-refractivity contribution < 1.29 is 0 Å². The van der Waals surface area contributed by atoms with Crippen molar-refractivity contribution in [3.05, 3.63) is 16.1 Å². The van der Waals surface area contributed by atoms with Crippen LogP contribution in [-0.4, -0.2) is 17.1 Å². The van der Waals surface area contributed by atoms with Crippen molar-refractivity contribution in [2.45, 2.75) is 51.1 Å². The molecule has 1 fully saturated rings. The molecular formula is C12H21N3S. The molecule has 0 radical (unpaired) electrons. The summed E-state index contributed by atoms with van der Waals surface area (Å²) in [6, 6.07) is 0. The largest absolute Gasteiger partial charge is 0.324 e. The zero-order valence-corrected chi connectivity index (χ0v) is 10.8. The Morgan fingerprint density at radius 2 is 2.19 bits per heavy atom. The third-order valence-electron chi connectivity index (χ3n) is 3.29. The summed E-state index contributed by atoms with van der Waals surface area (Å²) >= 11 is 1.76. The van der Waals surface area contributed by atoms with Gasteiger partial charge in [-0.25, -0.2) is 4.98 Å². The van der Waals surface area contributed by atoms with E-state index >= 15 is 0 Å². The topological polar surface area (TPSA) is 50.9 Å². The lowest BCUT2D eigenvalue weighted by Gasteiger charge is -2.33. The van der Waals surface area contributed by atoms with Crippen LogP contribution >= 0.6 is 11.3 Å². The van der Waals surface area contributed by atoms with E-state index in [-0.39, 0.29) is 5.54 Å². The van der Waals surface area contributed by atoms with E-state index in [0.717, 1.165) is 18.1 Å². The zero-order chi connectivity index (χ0) is 11.4. The van der Waals surface area contributed by atoms with E-state index in [1.165, 1.54) is 37.0 Å². The Balaban J connectivity index is 1.74. The molecule has 0 aliphatic heterocycles. The Morgan fingerprint density at radius 1 is 1.44 bits per heavy atom. The highest BCUT2D eigenvalue weighted by Gasteiger charge is 2.26. The van der Waals surface area contributed by atoms with E-state index in [2.05, 4.69) is 10.3 Å². The third-order valence-corrected chi connectivity index (χ3v) is 4.21. The van der Waals surface area contributed by atoms with Crippen molar-refractivity contribution in [2.24, 2.45) is 5.73 Å². The van der Waals surface area contributed by atoms with Crippen LogP contribution in [-0.2, 0) is 6.54 Å². The molecule has 0 unspecified atom stereocenters. The molecule has 3 nitrogen and oxygen atoms in total. The number of thiazole rings is 1. The van der Waals surface area contributed by atoms with Crippen molar-refractivity contribution in [3.8, 4) is 0 Å². The van der Waals surface area contributed by atoms with Crippen LogP contribution in [0.1, 0.15) is 42.0 Å². The second kappa shape index (κ2) is 5.25. The standard InChI is InChI=1S/C12H21N3S/c1-10-15-8-11(16-10)7-14-9-12(13)5-3-2-4-6-12/h8,14H,2-7,9,13H2,1H3. The van der Waals surface area contributed by atoms with Crippen LogP contribution in [0.2, 0.25) is 0 Å². The first-order chi connectivity index (χ1) is 7.68. The molecule has 0 saturated heterocycles. The first-order valence-electron chi connectivity index (χ1n) is 6.09. The molecular weight excluding hydrogens is 218 g/mol. The second-order valence-corrected chi connectivity index (χ2v) is 6.19. The fourth-order valence-corrected chi connectivity index (χ4v) is 3.12. The fraction of sp³-hybridized carbons (Fsp3) is 0.750. The van der Waals surface area contributed by atoms with Gasteiger partial charge >= 0.3 is 0 Å². The first kappa shape index (κ1) is 12.0. The minimum absolute atomic E-state index is 0.0397. The molecule has 16 heavy (non-hydrogen) atoms. The van der Waals surface area contributed by atoms with Gasteiger partial charge in [0.05, 0.1) is 5.01 Å². The van der Waals surface area contributed by atoms with Gasteiger partial charge in [-0.2, -0.15) is 0 Å². The minimum atomic E-state index is 0.0397. The van der Waals surface area contributed by atoms with Gasteiger partial charge in [0.1, 0.15) is 0 Å². The smallest absolute Gasteiger partial charge is 0.0897 e. The minimum Gasteiger partial charge on any atom is -0.324 e. The number of nitrogens with two attached hydrogens (primary N) is 1. The van der Waals surface area contributed by atoms with E-state index in [1.54, 1.807) is 11.3 Å². The quantitative estimate of drug-likeness (QED) is 0.847. The molecule has 90 valence electrons. The molecule has 4 heteroatoms. The van der Waals surface area contributed by atoms with Gasteiger partial charge in [-0.3, -0.25) is 0 Å². The molecule has 1 heterocycles. The lowest BCUT2D eigenvalue weighted by atomic mass is 9.82. The summed E-state index contributed by atoms with van der Waals surface area (Å²) in [4.78, 5) is 5.55. The lowest BCUT2D eigenvalue weighted by molar-refractivity contribution is 0.283. The lowest BCUT2D eigenvalue weighted by Crippen LogP contribution is -2.49. The normalized spacial score (nSPS) is 19.9. The van der Waals surface area contributed by atoms with Gasteiger partial charge in [0.25, 0.3) is 0 Å². The Morgan fingerprint density at radius 3 is 2.81 bits per heavy atom. The molecule has 0 aromatic carbocycles. The SMILES string of the molecule is Cc1ncc(CNCC2(N)CCCCC2)s1. The van der Waals surface area contributed by atoms with E-state index < -0.39 is 0 Å². The van der Waals surface area contributed by atoms with E-state index in [1.807, 2.05) is 13.1 Å². The number of hydrogen-bond donors (Lipinski definition) is 2. The van der Waals surface area contributed by atoms with Gasteiger partial charge in [-0.05, 0) is 19.8 Å². The van der Waals surface area contributed by atoms with Crippen molar-refractivity contribution in [3.63, 3.8) is 0 Å². The van der Waals surface area contributed by atoms with Gasteiger partial charge in [-0.15, -0.1) is 11.3 Å². The van der Waals surface area contributed by atoms with Gasteiger partial charge in [0, 0.05) is 29.7 Å². The maximum Gasteiger partial charge on any atom is 0.0897 e. The van der Waals surface area contributed by atoms with Crippen LogP contribution in [0.15, 0.2) is 6.20 Å². The van der Waals surface area contributed by atoms with Gasteiger partial charge in [0.15, 0.2) is 0 Å². The molecule has 1 aliphatic carbocycles. The van der Waals surface area contributed by atoms with Crippen LogP contribution in [0.4, 0.5) is 0 Å². The second-order valence-electron chi connectivity index (χ2n) is 4.87. The van der Waals surface area contributed by atoms with Crippen molar-refractivity contribution in [1.29, 1.82) is 0 Å². The van der Waals surface area contributed by atoms with E-state index in [0.29, 0.717) is 0 Å². The van der Waals surface area contributed by atoms with Crippen LogP contribution in [0.3, 0.4) is 0 Å². The predicted octanol–water partition coefficient (Wildman–Crippen LogP) is 2.20. The van der Waals surface area contributed by atoms with Gasteiger partial charge < -0.3 is 11.1 Å². The van der Waals surface area contributed by atoms with Gasteiger partial charge in [-0.1, -0.05) is 19.3 Å². The summed E-state index contributed by atoms with van der Waals surface area (Å²) in [7, 11) is 0. The van der Waals surface area contributed by atoms with Crippen LogP contribution < -0.4 is 11.1 Å². The molecule has 0 bridgehead atoms. The molecule has 1 aromatic heterocycles. The first-order valence-corrected chi connectivity index (χ1v) is 6.91. The third kappa shape index (κ3) is 3.27. The molecule has 3 N–H and O–H groups in total.